The Bertz CT molecular complexity index is 656. The van der Waals surface area contributed by atoms with Crippen LogP contribution in [0.3, 0.4) is 0 Å². The number of amides is 2. The Morgan fingerprint density at radius 3 is 2.52 bits per heavy atom. The Hall–Kier alpha value is -1.95. The van der Waals surface area contributed by atoms with E-state index in [-0.39, 0.29) is 35.5 Å². The lowest BCUT2D eigenvalue weighted by Crippen LogP contribution is -2.48. The average molecular weight is 376 g/mol. The zero-order valence-electron chi connectivity index (χ0n) is 16.2. The largest absolute Gasteiger partial charge is 0.381 e. The highest BCUT2D eigenvalue weighted by atomic mass is 19.1. The summed E-state index contributed by atoms with van der Waals surface area (Å²) in [5.74, 6) is 0.151. The van der Waals surface area contributed by atoms with E-state index in [2.05, 4.69) is 13.8 Å². The van der Waals surface area contributed by atoms with Gasteiger partial charge in [0.15, 0.2) is 0 Å². The number of benzene rings is 1. The van der Waals surface area contributed by atoms with Crippen LogP contribution in [0.15, 0.2) is 24.3 Å². The normalized spacial score (nSPS) is 22.2. The summed E-state index contributed by atoms with van der Waals surface area (Å²) in [5.41, 5.74) is 0.902. The van der Waals surface area contributed by atoms with Crippen LogP contribution in [0.25, 0.3) is 0 Å². The van der Waals surface area contributed by atoms with Gasteiger partial charge >= 0.3 is 0 Å². The van der Waals surface area contributed by atoms with Crippen LogP contribution in [-0.2, 0) is 20.9 Å². The summed E-state index contributed by atoms with van der Waals surface area (Å²) in [4.78, 5) is 29.6. The van der Waals surface area contributed by atoms with E-state index in [4.69, 9.17) is 4.74 Å². The molecule has 6 heteroatoms. The first-order chi connectivity index (χ1) is 13.0. The summed E-state index contributed by atoms with van der Waals surface area (Å²) in [6.45, 7) is 6.90. The molecule has 0 spiro atoms. The second kappa shape index (κ2) is 8.83. The quantitative estimate of drug-likeness (QED) is 0.812. The molecule has 2 heterocycles. The molecule has 5 nitrogen and oxygen atoms in total. The highest BCUT2D eigenvalue weighted by Gasteiger charge is 2.35. The first kappa shape index (κ1) is 19.8. The molecule has 2 aliphatic rings. The van der Waals surface area contributed by atoms with Gasteiger partial charge in [0.25, 0.3) is 0 Å². The molecule has 1 aromatic rings. The lowest BCUT2D eigenvalue weighted by Gasteiger charge is -2.36. The predicted molar refractivity (Wildman–Crippen MR) is 100 cm³/mol. The molecule has 1 atom stereocenters. The van der Waals surface area contributed by atoms with E-state index in [9.17, 15) is 14.0 Å². The van der Waals surface area contributed by atoms with Crippen molar-refractivity contribution in [2.45, 2.75) is 45.7 Å². The minimum atomic E-state index is -0.283. The fraction of sp³-hybridized carbons (Fsp3) is 0.619. The van der Waals surface area contributed by atoms with Crippen molar-refractivity contribution in [2.24, 2.45) is 11.8 Å². The van der Waals surface area contributed by atoms with E-state index in [1.54, 1.807) is 12.1 Å². The standard InChI is InChI=1S/C21H29FN2O3/c1-15(2)19-14-23(21(26)17-8-11-27-12-9-17)10-7-20(25)24(19)13-16-3-5-18(22)6-4-16/h3-6,15,17,19H,7-14H2,1-2H3/t19-/m1/s1. The minimum Gasteiger partial charge on any atom is -0.381 e. The molecule has 27 heavy (non-hydrogen) atoms. The molecule has 148 valence electrons. The molecule has 2 fully saturated rings. The number of rotatable bonds is 4. The molecule has 0 unspecified atom stereocenters. The van der Waals surface area contributed by atoms with Gasteiger partial charge in [-0.15, -0.1) is 0 Å². The van der Waals surface area contributed by atoms with Gasteiger partial charge in [-0.1, -0.05) is 26.0 Å². The van der Waals surface area contributed by atoms with Crippen LogP contribution in [0, 0.1) is 17.7 Å². The highest BCUT2D eigenvalue weighted by Crippen LogP contribution is 2.24. The van der Waals surface area contributed by atoms with Crippen molar-refractivity contribution in [3.05, 3.63) is 35.6 Å². The summed E-state index contributed by atoms with van der Waals surface area (Å²) >= 11 is 0. The Balaban J connectivity index is 1.75. The molecule has 0 aromatic heterocycles. The van der Waals surface area contributed by atoms with Gasteiger partial charge in [0.2, 0.25) is 11.8 Å². The molecule has 2 aliphatic heterocycles. The van der Waals surface area contributed by atoms with Crippen LogP contribution < -0.4 is 0 Å². The van der Waals surface area contributed by atoms with E-state index in [1.807, 2.05) is 9.80 Å². The number of halogens is 1. The fourth-order valence-corrected chi connectivity index (χ4v) is 3.94. The van der Waals surface area contributed by atoms with Crippen molar-refractivity contribution in [1.82, 2.24) is 9.80 Å². The molecular weight excluding hydrogens is 347 g/mol. The first-order valence-electron chi connectivity index (χ1n) is 9.86. The monoisotopic (exact) mass is 376 g/mol. The fourth-order valence-electron chi connectivity index (χ4n) is 3.94. The Morgan fingerprint density at radius 1 is 1.22 bits per heavy atom. The smallest absolute Gasteiger partial charge is 0.225 e. The van der Waals surface area contributed by atoms with Gasteiger partial charge in [0.1, 0.15) is 5.82 Å². The maximum absolute atomic E-state index is 13.2. The number of hydrogen-bond donors (Lipinski definition) is 0. The third-order valence-corrected chi connectivity index (χ3v) is 5.64. The zero-order valence-corrected chi connectivity index (χ0v) is 16.2. The first-order valence-corrected chi connectivity index (χ1v) is 9.86. The topological polar surface area (TPSA) is 49.9 Å². The van der Waals surface area contributed by atoms with Gasteiger partial charge in [-0.3, -0.25) is 9.59 Å². The maximum atomic E-state index is 13.2. The molecule has 2 saturated heterocycles. The minimum absolute atomic E-state index is 0.00492. The van der Waals surface area contributed by atoms with Crippen LogP contribution in [0.1, 0.15) is 38.7 Å². The van der Waals surface area contributed by atoms with Crippen LogP contribution in [0.5, 0.6) is 0 Å². The lowest BCUT2D eigenvalue weighted by molar-refractivity contribution is -0.139. The van der Waals surface area contributed by atoms with Crippen molar-refractivity contribution in [3.63, 3.8) is 0 Å². The van der Waals surface area contributed by atoms with Crippen molar-refractivity contribution in [2.75, 3.05) is 26.3 Å². The lowest BCUT2D eigenvalue weighted by atomic mass is 9.97. The maximum Gasteiger partial charge on any atom is 0.225 e. The van der Waals surface area contributed by atoms with Crippen LogP contribution in [0.2, 0.25) is 0 Å². The van der Waals surface area contributed by atoms with Crippen molar-refractivity contribution in [3.8, 4) is 0 Å². The summed E-state index contributed by atoms with van der Waals surface area (Å²) in [6.07, 6.45) is 1.85. The zero-order chi connectivity index (χ0) is 19.4. The molecule has 0 saturated carbocycles. The third kappa shape index (κ3) is 4.86. The van der Waals surface area contributed by atoms with Crippen LogP contribution >= 0.6 is 0 Å². The molecular formula is C21H29FN2O3. The number of nitrogens with zero attached hydrogens (tertiary/aromatic N) is 2. The van der Waals surface area contributed by atoms with Gasteiger partial charge in [-0.25, -0.2) is 4.39 Å². The Morgan fingerprint density at radius 2 is 1.89 bits per heavy atom. The summed E-state index contributed by atoms with van der Waals surface area (Å²) in [6, 6.07) is 6.23. The second-order valence-electron chi connectivity index (χ2n) is 7.88. The Kier molecular flexibility index (Phi) is 6.47. The van der Waals surface area contributed by atoms with Gasteiger partial charge < -0.3 is 14.5 Å². The second-order valence-corrected chi connectivity index (χ2v) is 7.88. The van der Waals surface area contributed by atoms with Crippen LogP contribution in [-0.4, -0.2) is 54.0 Å². The highest BCUT2D eigenvalue weighted by molar-refractivity contribution is 5.82. The summed E-state index contributed by atoms with van der Waals surface area (Å²) in [7, 11) is 0. The molecule has 0 radical (unpaired) electrons. The molecule has 0 bridgehead atoms. The van der Waals surface area contributed by atoms with Gasteiger partial charge in [0, 0.05) is 45.2 Å². The van der Waals surface area contributed by atoms with Crippen molar-refractivity contribution >= 4 is 11.8 Å². The predicted octanol–water partition coefficient (Wildman–Crippen LogP) is 2.84. The molecule has 3 rings (SSSR count). The number of ether oxygens (including phenoxy) is 1. The van der Waals surface area contributed by atoms with E-state index < -0.39 is 0 Å². The summed E-state index contributed by atoms with van der Waals surface area (Å²) < 4.78 is 18.6. The number of carbonyl (C=O) groups excluding carboxylic acids is 2. The molecule has 1 aromatic carbocycles. The van der Waals surface area contributed by atoms with Crippen LogP contribution in [0.4, 0.5) is 4.39 Å². The van der Waals surface area contributed by atoms with E-state index in [1.165, 1.54) is 12.1 Å². The molecule has 0 N–H and O–H groups in total. The van der Waals surface area contributed by atoms with Gasteiger partial charge in [0.05, 0.1) is 6.04 Å². The van der Waals surface area contributed by atoms with Gasteiger partial charge in [-0.05, 0) is 36.5 Å². The van der Waals surface area contributed by atoms with Crippen molar-refractivity contribution in [1.29, 1.82) is 0 Å². The SMILES string of the molecule is CC(C)[C@H]1CN(C(=O)C2CCOCC2)CCC(=O)N1Cc1ccc(F)cc1. The molecule has 0 aliphatic carbocycles. The van der Waals surface area contributed by atoms with E-state index >= 15 is 0 Å². The number of carbonyl (C=O) groups is 2. The van der Waals surface area contributed by atoms with E-state index in [0.717, 1.165) is 18.4 Å². The molecule has 2 amide bonds. The van der Waals surface area contributed by atoms with Crippen molar-refractivity contribution < 1.29 is 18.7 Å². The summed E-state index contributed by atoms with van der Waals surface area (Å²) in [5, 5.41) is 0. The van der Waals surface area contributed by atoms with E-state index in [0.29, 0.717) is 39.3 Å². The number of hydrogen-bond acceptors (Lipinski definition) is 3. The Labute approximate surface area is 160 Å². The third-order valence-electron chi connectivity index (χ3n) is 5.64. The van der Waals surface area contributed by atoms with Gasteiger partial charge in [-0.2, -0.15) is 0 Å². The average Bonchev–Trinajstić information content (AvgIpc) is 2.83.